The van der Waals surface area contributed by atoms with Crippen LogP contribution in [-0.4, -0.2) is 33.8 Å². The van der Waals surface area contributed by atoms with Gasteiger partial charge in [-0.25, -0.2) is 0 Å². The van der Waals surface area contributed by atoms with Crippen molar-refractivity contribution in [2.45, 2.75) is 25.3 Å². The molecule has 3 aliphatic rings. The number of fused-ring (bicyclic) bond motifs is 1. The molecule has 0 aromatic heterocycles. The molecule has 0 radical (unpaired) electrons. The van der Waals surface area contributed by atoms with Crippen LogP contribution in [0.2, 0.25) is 0 Å². The van der Waals surface area contributed by atoms with E-state index in [9.17, 15) is 14.4 Å². The van der Waals surface area contributed by atoms with Crippen molar-refractivity contribution in [1.82, 2.24) is 4.90 Å². The van der Waals surface area contributed by atoms with Gasteiger partial charge in [-0.1, -0.05) is 24.3 Å². The molecule has 1 heterocycles. The number of amides is 2. The smallest absolute Gasteiger partial charge is 0.310 e. The Morgan fingerprint density at radius 1 is 1.11 bits per heavy atom. The number of hydrogen-bond donors (Lipinski definition) is 1. The minimum atomic E-state index is -0.906. The van der Waals surface area contributed by atoms with Crippen molar-refractivity contribution in [3.63, 3.8) is 0 Å². The quantitative estimate of drug-likeness (QED) is 0.593. The van der Waals surface area contributed by atoms with Crippen LogP contribution in [0, 0.1) is 17.8 Å². The summed E-state index contributed by atoms with van der Waals surface area (Å²) < 4.78 is 0. The first-order chi connectivity index (χ1) is 9.09. The van der Waals surface area contributed by atoms with Gasteiger partial charge in [-0.2, -0.15) is 0 Å². The maximum Gasteiger partial charge on any atom is 0.310 e. The van der Waals surface area contributed by atoms with Crippen LogP contribution >= 0.6 is 0 Å². The van der Waals surface area contributed by atoms with Gasteiger partial charge in [0.05, 0.1) is 23.8 Å². The van der Waals surface area contributed by atoms with E-state index in [1.807, 2.05) is 12.2 Å². The zero-order valence-corrected chi connectivity index (χ0v) is 10.4. The average Bonchev–Trinajstić information content (AvgIpc) is 2.96. The van der Waals surface area contributed by atoms with Crippen molar-refractivity contribution in [3.8, 4) is 0 Å². The maximum absolute atomic E-state index is 12.3. The van der Waals surface area contributed by atoms with Crippen LogP contribution in [0.15, 0.2) is 24.3 Å². The number of allylic oxidation sites excluding steroid dienone is 2. The summed E-state index contributed by atoms with van der Waals surface area (Å²) in [6.07, 6.45) is 8.68. The van der Waals surface area contributed by atoms with Gasteiger partial charge in [-0.15, -0.1) is 0 Å². The Hall–Kier alpha value is -1.91. The fraction of sp³-hybridized carbons (Fsp3) is 0.500. The second-order valence-corrected chi connectivity index (χ2v) is 5.33. The third-order valence-corrected chi connectivity index (χ3v) is 4.25. The number of nitrogens with zero attached hydrogens (tertiary/aromatic N) is 1. The van der Waals surface area contributed by atoms with Gasteiger partial charge in [0.15, 0.2) is 0 Å². The fourth-order valence-electron chi connectivity index (χ4n) is 3.21. The Morgan fingerprint density at radius 3 is 2.16 bits per heavy atom. The van der Waals surface area contributed by atoms with Crippen LogP contribution in [0.25, 0.3) is 0 Å². The lowest BCUT2D eigenvalue weighted by molar-refractivity contribution is -0.144. The van der Waals surface area contributed by atoms with Crippen LogP contribution < -0.4 is 0 Å². The second kappa shape index (κ2) is 4.33. The van der Waals surface area contributed by atoms with Crippen LogP contribution in [0.4, 0.5) is 0 Å². The van der Waals surface area contributed by atoms with Crippen LogP contribution in [0.3, 0.4) is 0 Å². The zero-order valence-electron chi connectivity index (χ0n) is 10.4. The van der Waals surface area contributed by atoms with Gasteiger partial charge in [0.25, 0.3) is 0 Å². The molecule has 0 spiro atoms. The molecule has 1 aliphatic heterocycles. The number of rotatable bonds is 2. The molecule has 0 aromatic carbocycles. The molecular formula is C14H15NO4. The third-order valence-electron chi connectivity index (χ3n) is 4.25. The first kappa shape index (κ1) is 12.1. The van der Waals surface area contributed by atoms with Crippen molar-refractivity contribution in [1.29, 1.82) is 0 Å². The van der Waals surface area contributed by atoms with E-state index < -0.39 is 11.9 Å². The maximum atomic E-state index is 12.3. The van der Waals surface area contributed by atoms with E-state index in [0.29, 0.717) is 19.3 Å². The summed E-state index contributed by atoms with van der Waals surface area (Å²) in [7, 11) is 0. The first-order valence-electron chi connectivity index (χ1n) is 6.52. The van der Waals surface area contributed by atoms with E-state index in [-0.39, 0.29) is 29.7 Å². The van der Waals surface area contributed by atoms with Gasteiger partial charge in [-0.05, 0) is 19.3 Å². The van der Waals surface area contributed by atoms with Crippen LogP contribution in [0.5, 0.6) is 0 Å². The molecular weight excluding hydrogens is 246 g/mol. The molecule has 1 saturated heterocycles. The van der Waals surface area contributed by atoms with Crippen LogP contribution in [0.1, 0.15) is 19.3 Å². The highest BCUT2D eigenvalue weighted by Gasteiger charge is 2.50. The van der Waals surface area contributed by atoms with Gasteiger partial charge in [0, 0.05) is 0 Å². The van der Waals surface area contributed by atoms with Crippen molar-refractivity contribution in [2.24, 2.45) is 17.8 Å². The number of imide groups is 1. The predicted molar refractivity (Wildman–Crippen MR) is 65.9 cm³/mol. The molecule has 19 heavy (non-hydrogen) atoms. The number of carboxylic acids is 1. The van der Waals surface area contributed by atoms with Gasteiger partial charge < -0.3 is 5.11 Å². The number of hydrogen-bond acceptors (Lipinski definition) is 3. The van der Waals surface area contributed by atoms with Crippen molar-refractivity contribution >= 4 is 17.8 Å². The Kier molecular flexibility index (Phi) is 2.77. The van der Waals surface area contributed by atoms with Crippen LogP contribution in [-0.2, 0) is 14.4 Å². The monoisotopic (exact) mass is 261 g/mol. The average molecular weight is 261 g/mol. The highest BCUT2D eigenvalue weighted by Crippen LogP contribution is 2.38. The summed E-state index contributed by atoms with van der Waals surface area (Å²) in [5, 5.41) is 8.96. The van der Waals surface area contributed by atoms with E-state index >= 15 is 0 Å². The van der Waals surface area contributed by atoms with E-state index in [1.54, 1.807) is 12.2 Å². The number of carbonyl (C=O) groups is 3. The van der Waals surface area contributed by atoms with Gasteiger partial charge in [0.1, 0.15) is 0 Å². The van der Waals surface area contributed by atoms with Gasteiger partial charge in [-0.3, -0.25) is 19.3 Å². The van der Waals surface area contributed by atoms with E-state index in [2.05, 4.69) is 0 Å². The van der Waals surface area contributed by atoms with Crippen molar-refractivity contribution in [3.05, 3.63) is 24.3 Å². The number of carboxylic acid groups (broad SMARTS) is 1. The standard InChI is InChI=1S/C14H15NO4/c16-12-10-3-1-2-4-11(10)13(17)15(12)9-6-5-8(7-9)14(18)19/h1-2,5-6,8-11H,3-4,7H2,(H,18,19)/t8?,9?,10-,11+. The molecule has 1 N–H and O–H groups in total. The molecule has 4 atom stereocenters. The summed E-state index contributed by atoms with van der Waals surface area (Å²) in [5.41, 5.74) is 0. The van der Waals surface area contributed by atoms with E-state index in [4.69, 9.17) is 5.11 Å². The number of carbonyl (C=O) groups excluding carboxylic acids is 2. The van der Waals surface area contributed by atoms with Gasteiger partial charge in [0.2, 0.25) is 11.8 Å². The summed E-state index contributed by atoms with van der Waals surface area (Å²) in [5.74, 6) is -2.26. The highest BCUT2D eigenvalue weighted by molar-refractivity contribution is 6.06. The van der Waals surface area contributed by atoms with E-state index in [1.165, 1.54) is 4.90 Å². The predicted octanol–water partition coefficient (Wildman–Crippen LogP) is 0.967. The Bertz CT molecular complexity index is 482. The SMILES string of the molecule is O=C(O)C1C=CC(N2C(=O)[C@H]3CC=CC[C@H]3C2=O)C1. The molecule has 1 fully saturated rings. The summed E-state index contributed by atoms with van der Waals surface area (Å²) >= 11 is 0. The minimum absolute atomic E-state index is 0.139. The topological polar surface area (TPSA) is 74.7 Å². The lowest BCUT2D eigenvalue weighted by Crippen LogP contribution is -2.39. The summed E-state index contributed by atoms with van der Waals surface area (Å²) in [4.78, 5) is 36.8. The second-order valence-electron chi connectivity index (χ2n) is 5.33. The Morgan fingerprint density at radius 2 is 1.68 bits per heavy atom. The molecule has 2 amide bonds. The van der Waals surface area contributed by atoms with Gasteiger partial charge >= 0.3 is 5.97 Å². The zero-order chi connectivity index (χ0) is 13.6. The highest BCUT2D eigenvalue weighted by atomic mass is 16.4. The van der Waals surface area contributed by atoms with Crippen molar-refractivity contribution < 1.29 is 19.5 Å². The number of likely N-dealkylation sites (tertiary alicyclic amines) is 1. The minimum Gasteiger partial charge on any atom is -0.481 e. The Labute approximate surface area is 110 Å². The molecule has 5 heteroatoms. The first-order valence-corrected chi connectivity index (χ1v) is 6.52. The molecule has 0 bridgehead atoms. The molecule has 0 aromatic rings. The molecule has 5 nitrogen and oxygen atoms in total. The normalized spacial score (nSPS) is 36.9. The summed E-state index contributed by atoms with van der Waals surface area (Å²) in [6, 6.07) is -0.383. The molecule has 2 aliphatic carbocycles. The lowest BCUT2D eigenvalue weighted by atomic mass is 9.85. The molecule has 100 valence electrons. The van der Waals surface area contributed by atoms with E-state index in [0.717, 1.165) is 0 Å². The summed E-state index contributed by atoms with van der Waals surface area (Å²) in [6.45, 7) is 0. The molecule has 3 rings (SSSR count). The Balaban J connectivity index is 1.80. The largest absolute Gasteiger partial charge is 0.481 e. The third kappa shape index (κ3) is 1.80. The number of aliphatic carboxylic acids is 1. The molecule has 2 unspecified atom stereocenters. The van der Waals surface area contributed by atoms with Crippen molar-refractivity contribution in [2.75, 3.05) is 0 Å². The molecule has 0 saturated carbocycles. The lowest BCUT2D eigenvalue weighted by Gasteiger charge is -2.21. The fourth-order valence-corrected chi connectivity index (χ4v) is 3.21.